The fourth-order valence-electron chi connectivity index (χ4n) is 3.58. The average molecular weight is 408 g/mol. The summed E-state index contributed by atoms with van der Waals surface area (Å²) >= 11 is 0. The lowest BCUT2D eigenvalue weighted by Gasteiger charge is -2.25. The van der Waals surface area contributed by atoms with Crippen molar-refractivity contribution in [2.75, 3.05) is 13.2 Å². The summed E-state index contributed by atoms with van der Waals surface area (Å²) in [6, 6.07) is 12.6. The Morgan fingerprint density at radius 1 is 1.27 bits per heavy atom. The molecule has 0 radical (unpaired) electrons. The number of carbonyl (C=O) groups excluding carboxylic acids is 1. The molecule has 9 heteroatoms. The van der Waals surface area contributed by atoms with Crippen LogP contribution >= 0.6 is 0 Å². The van der Waals surface area contributed by atoms with E-state index in [0.29, 0.717) is 29.9 Å². The van der Waals surface area contributed by atoms with Crippen LogP contribution in [0.3, 0.4) is 0 Å². The van der Waals surface area contributed by atoms with Crippen molar-refractivity contribution in [3.8, 4) is 0 Å². The number of aromatic amines is 1. The zero-order valence-corrected chi connectivity index (χ0v) is 16.1. The number of carbonyl (C=O) groups is 1. The minimum atomic E-state index is -0.538. The number of hydrogen-bond acceptors (Lipinski definition) is 6. The van der Waals surface area contributed by atoms with E-state index in [1.807, 2.05) is 0 Å². The van der Waals surface area contributed by atoms with E-state index in [4.69, 9.17) is 4.74 Å². The Morgan fingerprint density at radius 2 is 2.10 bits per heavy atom. The molecule has 0 spiro atoms. The molecule has 1 aliphatic rings. The highest BCUT2D eigenvalue weighted by Gasteiger charge is 2.25. The third kappa shape index (κ3) is 4.20. The molecule has 0 saturated carbocycles. The zero-order chi connectivity index (χ0) is 21.1. The number of ether oxygens (including phenoxy) is 1. The topological polar surface area (TPSA) is 118 Å². The van der Waals surface area contributed by atoms with Crippen LogP contribution in [0, 0.1) is 10.1 Å². The second kappa shape index (κ2) is 8.42. The summed E-state index contributed by atoms with van der Waals surface area (Å²) in [7, 11) is 0. The Kier molecular flexibility index (Phi) is 5.53. The summed E-state index contributed by atoms with van der Waals surface area (Å²) in [5.41, 5.74) is 0.298. The van der Waals surface area contributed by atoms with Gasteiger partial charge in [-0.1, -0.05) is 18.2 Å². The van der Waals surface area contributed by atoms with Crippen LogP contribution in [0.25, 0.3) is 10.9 Å². The van der Waals surface area contributed by atoms with Crippen molar-refractivity contribution in [3.63, 3.8) is 0 Å². The van der Waals surface area contributed by atoms with Gasteiger partial charge >= 0.3 is 0 Å². The van der Waals surface area contributed by atoms with Crippen molar-refractivity contribution < 1.29 is 14.5 Å². The van der Waals surface area contributed by atoms with Crippen LogP contribution < -0.4 is 5.56 Å². The molecular weight excluding hydrogens is 388 g/mol. The number of H-pyrrole nitrogens is 1. The first-order valence-corrected chi connectivity index (χ1v) is 9.64. The van der Waals surface area contributed by atoms with Gasteiger partial charge in [-0.15, -0.1) is 0 Å². The van der Waals surface area contributed by atoms with Crippen LogP contribution in [0.5, 0.6) is 0 Å². The quantitative estimate of drug-likeness (QED) is 0.495. The van der Waals surface area contributed by atoms with Gasteiger partial charge in [0.2, 0.25) is 0 Å². The molecule has 2 aromatic carbocycles. The first-order chi connectivity index (χ1) is 14.5. The maximum atomic E-state index is 13.2. The predicted molar refractivity (Wildman–Crippen MR) is 109 cm³/mol. The molecule has 1 amide bonds. The minimum absolute atomic E-state index is 0.0570. The first kappa shape index (κ1) is 19.7. The van der Waals surface area contributed by atoms with Gasteiger partial charge in [-0.25, -0.2) is 4.98 Å². The number of hydrogen-bond donors (Lipinski definition) is 1. The first-order valence-electron chi connectivity index (χ1n) is 9.64. The van der Waals surface area contributed by atoms with Gasteiger partial charge in [0.05, 0.1) is 28.5 Å². The van der Waals surface area contributed by atoms with Crippen LogP contribution in [-0.4, -0.2) is 45.0 Å². The van der Waals surface area contributed by atoms with Crippen molar-refractivity contribution in [2.45, 2.75) is 25.5 Å². The maximum absolute atomic E-state index is 13.2. The van der Waals surface area contributed by atoms with E-state index < -0.39 is 4.92 Å². The van der Waals surface area contributed by atoms with Crippen molar-refractivity contribution in [3.05, 3.63) is 80.4 Å². The fourth-order valence-corrected chi connectivity index (χ4v) is 3.58. The van der Waals surface area contributed by atoms with E-state index in [2.05, 4.69) is 9.97 Å². The molecule has 1 aromatic heterocycles. The number of nitrogens with one attached hydrogen (secondary N) is 1. The van der Waals surface area contributed by atoms with Crippen LogP contribution in [0.2, 0.25) is 0 Å². The Hall–Kier alpha value is -3.59. The summed E-state index contributed by atoms with van der Waals surface area (Å²) < 4.78 is 5.67. The molecule has 2 heterocycles. The molecule has 154 valence electrons. The Balaban J connectivity index is 1.66. The van der Waals surface area contributed by atoms with Crippen molar-refractivity contribution in [1.82, 2.24) is 14.9 Å². The summed E-state index contributed by atoms with van der Waals surface area (Å²) in [6.07, 6.45) is 1.61. The molecule has 30 heavy (non-hydrogen) atoms. The number of nitro benzene ring substituents is 1. The van der Waals surface area contributed by atoms with Crippen molar-refractivity contribution in [1.29, 1.82) is 0 Å². The molecule has 1 saturated heterocycles. The Bertz CT molecular complexity index is 1150. The third-order valence-electron chi connectivity index (χ3n) is 5.04. The Morgan fingerprint density at radius 3 is 2.87 bits per heavy atom. The number of nitrogens with zero attached hydrogens (tertiary/aromatic N) is 3. The molecule has 4 rings (SSSR count). The van der Waals surface area contributed by atoms with E-state index >= 15 is 0 Å². The van der Waals surface area contributed by atoms with E-state index in [-0.39, 0.29) is 35.4 Å². The molecule has 1 N–H and O–H groups in total. The highest BCUT2D eigenvalue weighted by atomic mass is 16.6. The smallest absolute Gasteiger partial charge is 0.270 e. The van der Waals surface area contributed by atoms with Gasteiger partial charge in [0.1, 0.15) is 5.82 Å². The van der Waals surface area contributed by atoms with Crippen LogP contribution in [0.15, 0.2) is 53.3 Å². The number of nitro groups is 1. The maximum Gasteiger partial charge on any atom is 0.270 e. The molecule has 0 unspecified atom stereocenters. The monoisotopic (exact) mass is 408 g/mol. The van der Waals surface area contributed by atoms with Crippen LogP contribution in [-0.2, 0) is 11.3 Å². The van der Waals surface area contributed by atoms with Crippen LogP contribution in [0.1, 0.15) is 29.0 Å². The van der Waals surface area contributed by atoms with Gasteiger partial charge < -0.3 is 14.6 Å². The predicted octanol–water partition coefficient (Wildman–Crippen LogP) is 2.65. The minimum Gasteiger partial charge on any atom is -0.376 e. The molecule has 0 bridgehead atoms. The van der Waals surface area contributed by atoms with Crippen molar-refractivity contribution in [2.24, 2.45) is 0 Å². The van der Waals surface area contributed by atoms with Gasteiger partial charge in [-0.05, 0) is 31.0 Å². The largest absolute Gasteiger partial charge is 0.376 e. The van der Waals surface area contributed by atoms with E-state index in [0.717, 1.165) is 12.8 Å². The molecule has 0 aliphatic carbocycles. The number of non-ortho nitro benzene ring substituents is 1. The van der Waals surface area contributed by atoms with Crippen molar-refractivity contribution >= 4 is 22.5 Å². The van der Waals surface area contributed by atoms with E-state index in [9.17, 15) is 19.7 Å². The molecule has 1 atom stereocenters. The fraction of sp³-hybridized carbons (Fsp3) is 0.286. The van der Waals surface area contributed by atoms with Gasteiger partial charge in [-0.2, -0.15) is 0 Å². The van der Waals surface area contributed by atoms with Crippen LogP contribution in [0.4, 0.5) is 5.69 Å². The second-order valence-electron chi connectivity index (χ2n) is 7.16. The molecule has 9 nitrogen and oxygen atoms in total. The third-order valence-corrected chi connectivity index (χ3v) is 5.04. The average Bonchev–Trinajstić information content (AvgIpc) is 3.26. The normalized spacial score (nSPS) is 15.9. The summed E-state index contributed by atoms with van der Waals surface area (Å²) in [4.78, 5) is 44.8. The zero-order valence-electron chi connectivity index (χ0n) is 16.1. The highest BCUT2D eigenvalue weighted by Crippen LogP contribution is 2.19. The van der Waals surface area contributed by atoms with E-state index in [1.165, 1.54) is 29.2 Å². The molecule has 1 aliphatic heterocycles. The molecule has 1 fully saturated rings. The summed E-state index contributed by atoms with van der Waals surface area (Å²) in [5.74, 6) is -0.0412. The Labute approximate surface area is 171 Å². The lowest BCUT2D eigenvalue weighted by Crippen LogP contribution is -2.38. The highest BCUT2D eigenvalue weighted by molar-refractivity contribution is 5.94. The summed E-state index contributed by atoms with van der Waals surface area (Å²) in [5, 5.41) is 11.6. The molecule has 3 aromatic rings. The number of fused-ring (bicyclic) bond motifs is 1. The van der Waals surface area contributed by atoms with E-state index in [1.54, 1.807) is 24.3 Å². The van der Waals surface area contributed by atoms with Gasteiger partial charge in [0.15, 0.2) is 0 Å². The lowest BCUT2D eigenvalue weighted by molar-refractivity contribution is -0.384. The standard InChI is InChI=1S/C21H20N4O5/c26-20-17-8-1-2-9-18(17)22-19(23-20)13-24(12-16-7-4-10-30-16)21(27)14-5-3-6-15(11-14)25(28)29/h1-3,5-6,8-9,11,16H,4,7,10,12-13H2,(H,22,23,26)/t16-/m1/s1. The number of aromatic nitrogens is 2. The second-order valence-corrected chi connectivity index (χ2v) is 7.16. The number of rotatable bonds is 6. The van der Waals surface area contributed by atoms with Gasteiger partial charge in [0.25, 0.3) is 17.2 Å². The molecular formula is C21H20N4O5. The SMILES string of the molecule is O=C(c1cccc([N+](=O)[O-])c1)N(Cc1nc2ccccc2c(=O)[nH]1)C[C@H]1CCCO1. The number of para-hydroxylation sites is 1. The number of amides is 1. The van der Waals surface area contributed by atoms with Gasteiger partial charge in [-0.3, -0.25) is 19.7 Å². The lowest BCUT2D eigenvalue weighted by atomic mass is 10.1. The summed E-state index contributed by atoms with van der Waals surface area (Å²) in [6.45, 7) is 0.994. The number of benzene rings is 2. The van der Waals surface area contributed by atoms with Gasteiger partial charge in [0, 0.05) is 30.8 Å².